The maximum absolute atomic E-state index is 12.9. The van der Waals surface area contributed by atoms with Crippen LogP contribution in [0.25, 0.3) is 11.0 Å². The summed E-state index contributed by atoms with van der Waals surface area (Å²) in [4.78, 5) is 37.4. The lowest BCUT2D eigenvalue weighted by atomic mass is 10.00. The Kier molecular flexibility index (Phi) is 6.09. The summed E-state index contributed by atoms with van der Waals surface area (Å²) in [5.74, 6) is -1.44. The normalized spacial score (nSPS) is 12.9. The summed E-state index contributed by atoms with van der Waals surface area (Å²) in [6.07, 6.45) is -1.26. The minimum atomic E-state index is -1.48. The molecule has 2 aromatic carbocycles. The van der Waals surface area contributed by atoms with E-state index in [1.807, 2.05) is 30.3 Å². The topological polar surface area (TPSA) is 109 Å². The number of amides is 2. The first-order valence-electron chi connectivity index (χ1n) is 9.19. The smallest absolute Gasteiger partial charge is 0.287 e. The van der Waals surface area contributed by atoms with Gasteiger partial charge in [0.25, 0.3) is 11.8 Å². The zero-order valence-electron chi connectivity index (χ0n) is 16.1. The van der Waals surface area contributed by atoms with E-state index in [1.54, 1.807) is 24.3 Å². The molecule has 0 saturated carbocycles. The van der Waals surface area contributed by atoms with Crippen LogP contribution in [0.3, 0.4) is 0 Å². The maximum Gasteiger partial charge on any atom is 0.287 e. The molecule has 0 saturated heterocycles. The highest BCUT2D eigenvalue weighted by Gasteiger charge is 2.29. The quantitative estimate of drug-likeness (QED) is 0.588. The third-order valence-electron chi connectivity index (χ3n) is 4.74. The zero-order valence-corrected chi connectivity index (χ0v) is 16.1. The fraction of sp³-hybridized carbons (Fsp3) is 0.227. The average Bonchev–Trinajstić information content (AvgIpc) is 2.75. The standard InChI is InChI=1S/C22H22N2O5/c1-13-18(25)15-10-6-7-11-17(15)29-20(13)22(28)24-16(19(26)21(27)23-2)12-14-8-4-3-5-9-14/h3-11,16,19,26H,12H2,1-2H3,(H,23,27)(H,24,28)/t16-,19+/m0/s1. The molecule has 2 amide bonds. The van der Waals surface area contributed by atoms with Crippen LogP contribution in [0.4, 0.5) is 0 Å². The number of aliphatic hydroxyl groups is 1. The van der Waals surface area contributed by atoms with Crippen molar-refractivity contribution in [1.29, 1.82) is 0 Å². The number of hydrogen-bond acceptors (Lipinski definition) is 5. The molecule has 3 rings (SSSR count). The summed E-state index contributed by atoms with van der Waals surface area (Å²) in [5, 5.41) is 15.8. The highest BCUT2D eigenvalue weighted by molar-refractivity contribution is 5.95. The van der Waals surface area contributed by atoms with E-state index in [2.05, 4.69) is 10.6 Å². The molecular weight excluding hydrogens is 372 g/mol. The summed E-state index contributed by atoms with van der Waals surface area (Å²) in [5.41, 5.74) is 0.981. The van der Waals surface area contributed by atoms with E-state index in [9.17, 15) is 19.5 Å². The predicted octanol–water partition coefficient (Wildman–Crippen LogP) is 1.55. The number of carbonyl (C=O) groups excluding carboxylic acids is 2. The van der Waals surface area contributed by atoms with Crippen molar-refractivity contribution < 1.29 is 19.1 Å². The molecule has 3 aromatic rings. The van der Waals surface area contributed by atoms with Crippen molar-refractivity contribution in [2.75, 3.05) is 7.05 Å². The maximum atomic E-state index is 12.9. The Hall–Kier alpha value is -3.45. The van der Waals surface area contributed by atoms with Crippen molar-refractivity contribution in [1.82, 2.24) is 10.6 Å². The number of fused-ring (bicyclic) bond motifs is 1. The van der Waals surface area contributed by atoms with Gasteiger partial charge in [-0.05, 0) is 31.0 Å². The molecule has 0 aliphatic rings. The molecule has 150 valence electrons. The van der Waals surface area contributed by atoms with Crippen molar-refractivity contribution >= 4 is 22.8 Å². The van der Waals surface area contributed by atoms with Gasteiger partial charge in [0.15, 0.2) is 17.3 Å². The largest absolute Gasteiger partial charge is 0.450 e. The van der Waals surface area contributed by atoms with Crippen LogP contribution < -0.4 is 16.1 Å². The third-order valence-corrected chi connectivity index (χ3v) is 4.74. The van der Waals surface area contributed by atoms with E-state index in [4.69, 9.17) is 4.42 Å². The number of benzene rings is 2. The molecule has 3 N–H and O–H groups in total. The van der Waals surface area contributed by atoms with Crippen molar-refractivity contribution in [2.45, 2.75) is 25.5 Å². The highest BCUT2D eigenvalue weighted by atomic mass is 16.3. The number of carbonyl (C=O) groups is 2. The number of nitrogens with one attached hydrogen (secondary N) is 2. The van der Waals surface area contributed by atoms with E-state index in [-0.39, 0.29) is 23.2 Å². The molecule has 0 bridgehead atoms. The Bertz CT molecular complexity index is 1090. The number of aliphatic hydroxyl groups excluding tert-OH is 1. The van der Waals surface area contributed by atoms with E-state index in [1.165, 1.54) is 14.0 Å². The van der Waals surface area contributed by atoms with Crippen molar-refractivity contribution in [3.05, 3.63) is 81.7 Å². The first-order valence-corrected chi connectivity index (χ1v) is 9.19. The molecule has 0 fully saturated rings. The highest BCUT2D eigenvalue weighted by Crippen LogP contribution is 2.16. The molecule has 0 aliphatic carbocycles. The Balaban J connectivity index is 1.93. The van der Waals surface area contributed by atoms with E-state index < -0.39 is 24.0 Å². The van der Waals surface area contributed by atoms with Crippen LogP contribution in [0.15, 0.2) is 63.8 Å². The second-order valence-corrected chi connectivity index (χ2v) is 6.71. The first kappa shape index (κ1) is 20.3. The lowest BCUT2D eigenvalue weighted by Gasteiger charge is -2.23. The van der Waals surface area contributed by atoms with Gasteiger partial charge in [-0.25, -0.2) is 0 Å². The molecular formula is C22H22N2O5. The van der Waals surface area contributed by atoms with Crippen molar-refractivity contribution in [2.24, 2.45) is 0 Å². The van der Waals surface area contributed by atoms with Gasteiger partial charge in [0.1, 0.15) is 5.58 Å². The molecule has 1 heterocycles. The minimum absolute atomic E-state index is 0.143. The predicted molar refractivity (Wildman–Crippen MR) is 109 cm³/mol. The van der Waals surface area contributed by atoms with Crippen LogP contribution in [-0.2, 0) is 11.2 Å². The zero-order chi connectivity index (χ0) is 21.0. The van der Waals surface area contributed by atoms with Gasteiger partial charge in [0, 0.05) is 12.6 Å². The molecule has 1 aromatic heterocycles. The van der Waals surface area contributed by atoms with Crippen LogP contribution in [0.5, 0.6) is 0 Å². The second-order valence-electron chi connectivity index (χ2n) is 6.71. The van der Waals surface area contributed by atoms with Gasteiger partial charge in [-0.2, -0.15) is 0 Å². The Morgan fingerprint density at radius 2 is 1.72 bits per heavy atom. The van der Waals surface area contributed by atoms with Gasteiger partial charge >= 0.3 is 0 Å². The molecule has 7 heteroatoms. The Morgan fingerprint density at radius 3 is 2.41 bits per heavy atom. The monoisotopic (exact) mass is 394 g/mol. The molecule has 2 atom stereocenters. The summed E-state index contributed by atoms with van der Waals surface area (Å²) in [6.45, 7) is 1.51. The number of hydrogen-bond donors (Lipinski definition) is 3. The lowest BCUT2D eigenvalue weighted by molar-refractivity contribution is -0.130. The molecule has 0 radical (unpaired) electrons. The molecule has 0 spiro atoms. The van der Waals surface area contributed by atoms with Crippen LogP contribution in [0.2, 0.25) is 0 Å². The van der Waals surface area contributed by atoms with Gasteiger partial charge in [-0.1, -0.05) is 42.5 Å². The number of likely N-dealkylation sites (N-methyl/N-ethyl adjacent to an activating group) is 1. The van der Waals surface area contributed by atoms with Gasteiger partial charge in [0.05, 0.1) is 11.4 Å². The van der Waals surface area contributed by atoms with Crippen molar-refractivity contribution in [3.8, 4) is 0 Å². The van der Waals surface area contributed by atoms with Gasteiger partial charge in [0.2, 0.25) is 0 Å². The second kappa shape index (κ2) is 8.70. The number of rotatable bonds is 6. The third kappa shape index (κ3) is 4.35. The summed E-state index contributed by atoms with van der Waals surface area (Å²) in [7, 11) is 1.40. The fourth-order valence-electron chi connectivity index (χ4n) is 3.13. The SMILES string of the molecule is CNC(=O)[C@H](O)[C@H](Cc1ccccc1)NC(=O)c1oc2ccccc2c(=O)c1C. The Labute approximate surface area is 167 Å². The van der Waals surface area contributed by atoms with Crippen LogP contribution >= 0.6 is 0 Å². The van der Waals surface area contributed by atoms with Crippen LogP contribution in [0, 0.1) is 6.92 Å². The lowest BCUT2D eigenvalue weighted by Crippen LogP contribution is -2.51. The van der Waals surface area contributed by atoms with Gasteiger partial charge in [-0.15, -0.1) is 0 Å². The van der Waals surface area contributed by atoms with E-state index in [0.717, 1.165) is 5.56 Å². The van der Waals surface area contributed by atoms with Gasteiger partial charge in [-0.3, -0.25) is 14.4 Å². The average molecular weight is 394 g/mol. The molecule has 29 heavy (non-hydrogen) atoms. The summed E-state index contributed by atoms with van der Waals surface area (Å²) >= 11 is 0. The van der Waals surface area contributed by atoms with E-state index in [0.29, 0.717) is 11.0 Å². The van der Waals surface area contributed by atoms with Crippen LogP contribution in [0.1, 0.15) is 21.7 Å². The van der Waals surface area contributed by atoms with Gasteiger partial charge < -0.3 is 20.2 Å². The number of para-hydroxylation sites is 1. The van der Waals surface area contributed by atoms with E-state index >= 15 is 0 Å². The molecule has 0 unspecified atom stereocenters. The Morgan fingerprint density at radius 1 is 1.07 bits per heavy atom. The van der Waals surface area contributed by atoms with Crippen molar-refractivity contribution in [3.63, 3.8) is 0 Å². The summed E-state index contributed by atoms with van der Waals surface area (Å²) < 4.78 is 5.66. The molecule has 0 aliphatic heterocycles. The summed E-state index contributed by atoms with van der Waals surface area (Å²) in [6, 6.07) is 14.9. The minimum Gasteiger partial charge on any atom is -0.450 e. The first-order chi connectivity index (χ1) is 13.9. The van der Waals surface area contributed by atoms with Crippen LogP contribution in [-0.4, -0.2) is 36.1 Å². The fourth-order valence-corrected chi connectivity index (χ4v) is 3.13. The molecule has 7 nitrogen and oxygen atoms in total.